The molecule has 2 atom stereocenters. The third kappa shape index (κ3) is 4.56. The van der Waals surface area contributed by atoms with Gasteiger partial charge in [0.2, 0.25) is 0 Å². The number of aromatic amines is 1. The van der Waals surface area contributed by atoms with Crippen LogP contribution in [0.1, 0.15) is 65.6 Å². The molecule has 6 nitrogen and oxygen atoms in total. The van der Waals surface area contributed by atoms with Gasteiger partial charge in [-0.2, -0.15) is 0 Å². The van der Waals surface area contributed by atoms with Crippen LogP contribution >= 0.6 is 0 Å². The quantitative estimate of drug-likeness (QED) is 0.340. The van der Waals surface area contributed by atoms with Gasteiger partial charge in [0.25, 0.3) is 5.91 Å². The third-order valence-electron chi connectivity index (χ3n) is 8.84. The van der Waals surface area contributed by atoms with E-state index in [1.165, 1.54) is 49.8 Å². The van der Waals surface area contributed by atoms with Crippen LogP contribution in [-0.2, 0) is 13.0 Å². The minimum absolute atomic E-state index is 0.0933. The maximum absolute atomic E-state index is 12.7. The fourth-order valence-electron chi connectivity index (χ4n) is 6.85. The van der Waals surface area contributed by atoms with Crippen molar-refractivity contribution in [1.82, 2.24) is 19.8 Å². The Morgan fingerprint density at radius 1 is 1.10 bits per heavy atom. The van der Waals surface area contributed by atoms with E-state index < -0.39 is 6.10 Å². The Balaban J connectivity index is 1.21. The Hall–Kier alpha value is -3.48. The van der Waals surface area contributed by atoms with Gasteiger partial charge in [-0.25, -0.2) is 4.98 Å². The number of pyridine rings is 1. The summed E-state index contributed by atoms with van der Waals surface area (Å²) in [5, 5.41) is 10.7. The number of carbonyl (C=O) groups is 1. The van der Waals surface area contributed by atoms with Crippen molar-refractivity contribution >= 4 is 16.9 Å². The highest BCUT2D eigenvalue weighted by molar-refractivity contribution is 5.98. The highest BCUT2D eigenvalue weighted by Gasteiger charge is 2.37. The molecule has 1 fully saturated rings. The van der Waals surface area contributed by atoms with Gasteiger partial charge in [-0.15, -0.1) is 0 Å². The smallest absolute Gasteiger partial charge is 0.253 e. The molecule has 4 aromatic rings. The second kappa shape index (κ2) is 9.61. The maximum Gasteiger partial charge on any atom is 0.253 e. The average Bonchev–Trinajstić information content (AvgIpc) is 3.71. The minimum Gasteiger partial charge on any atom is -0.392 e. The van der Waals surface area contributed by atoms with Crippen molar-refractivity contribution in [2.45, 2.75) is 63.6 Å². The van der Waals surface area contributed by atoms with E-state index in [4.69, 9.17) is 4.98 Å². The van der Waals surface area contributed by atoms with E-state index in [-0.39, 0.29) is 5.91 Å². The van der Waals surface area contributed by atoms with E-state index in [0.29, 0.717) is 18.0 Å². The number of hydrogen-bond donors (Lipinski definition) is 2. The fourth-order valence-corrected chi connectivity index (χ4v) is 6.85. The predicted molar refractivity (Wildman–Crippen MR) is 155 cm³/mol. The Morgan fingerprint density at radius 2 is 1.90 bits per heavy atom. The second-order valence-electron chi connectivity index (χ2n) is 11.9. The lowest BCUT2D eigenvalue weighted by Gasteiger charge is -2.39. The van der Waals surface area contributed by atoms with Crippen molar-refractivity contribution in [1.29, 1.82) is 0 Å². The first-order chi connectivity index (χ1) is 18.9. The molecule has 3 aliphatic rings. The summed E-state index contributed by atoms with van der Waals surface area (Å²) in [5.41, 5.74) is 10.7. The molecule has 1 amide bonds. The van der Waals surface area contributed by atoms with Crippen LogP contribution in [0.4, 0.5) is 0 Å². The van der Waals surface area contributed by atoms with Gasteiger partial charge in [0.15, 0.2) is 0 Å². The summed E-state index contributed by atoms with van der Waals surface area (Å²) in [6.45, 7) is 4.32. The van der Waals surface area contributed by atoms with E-state index in [9.17, 15) is 9.90 Å². The third-order valence-corrected chi connectivity index (χ3v) is 8.84. The Labute approximate surface area is 229 Å². The van der Waals surface area contributed by atoms with Crippen LogP contribution in [0, 0.1) is 0 Å². The zero-order chi connectivity index (χ0) is 26.7. The summed E-state index contributed by atoms with van der Waals surface area (Å²) in [5.74, 6) is 0.606. The molecule has 0 radical (unpaired) electrons. The average molecular weight is 521 g/mol. The number of nitrogens with zero attached hydrogens (tertiary/aromatic N) is 3. The summed E-state index contributed by atoms with van der Waals surface area (Å²) in [6, 6.07) is 15.6. The normalized spacial score (nSPS) is 19.6. The van der Waals surface area contributed by atoms with Crippen LogP contribution < -0.4 is 0 Å². The van der Waals surface area contributed by atoms with Gasteiger partial charge in [-0.1, -0.05) is 18.2 Å². The van der Waals surface area contributed by atoms with Crippen molar-refractivity contribution in [3.8, 4) is 22.3 Å². The molecule has 2 aromatic carbocycles. The second-order valence-corrected chi connectivity index (χ2v) is 11.9. The number of likely N-dealkylation sites (N-methyl/N-ethyl adjacent to an activating group) is 1. The largest absolute Gasteiger partial charge is 0.392 e. The van der Waals surface area contributed by atoms with Gasteiger partial charge >= 0.3 is 0 Å². The summed E-state index contributed by atoms with van der Waals surface area (Å²) in [6.07, 6.45) is 9.95. The zero-order valence-electron chi connectivity index (χ0n) is 22.8. The van der Waals surface area contributed by atoms with Crippen LogP contribution in [0.2, 0.25) is 0 Å². The predicted octanol–water partition coefficient (Wildman–Crippen LogP) is 5.75. The van der Waals surface area contributed by atoms with Crippen molar-refractivity contribution in [2.75, 3.05) is 20.1 Å². The lowest BCUT2D eigenvalue weighted by Crippen LogP contribution is -2.37. The van der Waals surface area contributed by atoms with Gasteiger partial charge in [0.05, 0.1) is 6.10 Å². The van der Waals surface area contributed by atoms with Crippen LogP contribution in [0.25, 0.3) is 33.3 Å². The van der Waals surface area contributed by atoms with Crippen molar-refractivity contribution in [3.63, 3.8) is 0 Å². The molecule has 39 heavy (non-hydrogen) atoms. The number of H-pyrrole nitrogens is 1. The molecule has 1 saturated carbocycles. The van der Waals surface area contributed by atoms with Crippen molar-refractivity contribution in [2.24, 2.45) is 0 Å². The molecule has 3 heterocycles. The van der Waals surface area contributed by atoms with Gasteiger partial charge < -0.3 is 15.0 Å². The highest BCUT2D eigenvalue weighted by atomic mass is 16.3. The number of fused-ring (bicyclic) bond motifs is 1. The number of benzene rings is 2. The molecule has 0 spiro atoms. The molecule has 1 unspecified atom stereocenters. The number of aliphatic hydroxyl groups excluding tert-OH is 1. The van der Waals surface area contributed by atoms with Crippen LogP contribution in [0.3, 0.4) is 0 Å². The van der Waals surface area contributed by atoms with E-state index >= 15 is 0 Å². The van der Waals surface area contributed by atoms with E-state index in [0.717, 1.165) is 40.3 Å². The highest BCUT2D eigenvalue weighted by Crippen LogP contribution is 2.44. The Morgan fingerprint density at radius 3 is 2.67 bits per heavy atom. The van der Waals surface area contributed by atoms with Crippen LogP contribution in [0.5, 0.6) is 0 Å². The molecule has 6 heteroatoms. The monoisotopic (exact) mass is 520 g/mol. The lowest BCUT2D eigenvalue weighted by molar-refractivity contribution is 0.0703. The molecule has 0 bridgehead atoms. The molecule has 2 aliphatic carbocycles. The molecular weight excluding hydrogens is 484 g/mol. The number of hydrogen-bond acceptors (Lipinski definition) is 4. The Bertz CT molecular complexity index is 1550. The van der Waals surface area contributed by atoms with Gasteiger partial charge in [-0.3, -0.25) is 9.69 Å². The fraction of sp³-hybridized carbons (Fsp3) is 0.394. The topological polar surface area (TPSA) is 72.5 Å². The molecule has 1 aliphatic heterocycles. The number of aromatic nitrogens is 2. The number of nitrogens with one attached hydrogen (secondary N) is 1. The Kier molecular flexibility index (Phi) is 6.05. The zero-order valence-corrected chi connectivity index (χ0v) is 22.8. The summed E-state index contributed by atoms with van der Waals surface area (Å²) in [4.78, 5) is 25.1. The van der Waals surface area contributed by atoms with Crippen molar-refractivity contribution < 1.29 is 9.90 Å². The molecular formula is C33H36N4O2. The van der Waals surface area contributed by atoms with Gasteiger partial charge in [0, 0.05) is 67.2 Å². The van der Waals surface area contributed by atoms with E-state index in [1.54, 1.807) is 30.0 Å². The maximum atomic E-state index is 12.7. The number of aliphatic hydroxyl groups is 1. The lowest BCUT2D eigenvalue weighted by atomic mass is 9.76. The molecule has 200 valence electrons. The standard InChI is InChI=1S/C33H36N4O2/c1-20(38)17-36(2)33(39)22-8-6-21(7-9-22)30-16-35-32-29(30)14-26(15-34-32)25-12-23-4-3-5-24-18-37(28-10-11-28)19-27(13-25)31(23)24/h6-9,12-16,20,24,28,38H,3-5,10-11,17-19H2,1-2H3,(H,34,35)/t20-,24?/m1/s1. The molecule has 2 N–H and O–H groups in total. The molecule has 2 aromatic heterocycles. The molecule has 0 saturated heterocycles. The first-order valence-electron chi connectivity index (χ1n) is 14.4. The molecule has 7 rings (SSSR count). The summed E-state index contributed by atoms with van der Waals surface area (Å²) >= 11 is 0. The van der Waals surface area contributed by atoms with E-state index in [2.05, 4.69) is 28.1 Å². The van der Waals surface area contributed by atoms with E-state index in [1.807, 2.05) is 36.7 Å². The number of amides is 1. The number of carbonyl (C=O) groups excluding carboxylic acids is 1. The van der Waals surface area contributed by atoms with Crippen LogP contribution in [-0.4, -0.2) is 63.1 Å². The first-order valence-corrected chi connectivity index (χ1v) is 14.4. The minimum atomic E-state index is -0.557. The van der Waals surface area contributed by atoms with Crippen LogP contribution in [0.15, 0.2) is 54.9 Å². The summed E-state index contributed by atoms with van der Waals surface area (Å²) < 4.78 is 0. The van der Waals surface area contributed by atoms with Gasteiger partial charge in [0.1, 0.15) is 5.65 Å². The summed E-state index contributed by atoms with van der Waals surface area (Å²) in [7, 11) is 1.72. The number of rotatable bonds is 6. The van der Waals surface area contributed by atoms with Gasteiger partial charge in [-0.05, 0) is 97.0 Å². The SMILES string of the molecule is C[C@@H](O)CN(C)C(=O)c1ccc(-c2c[nH]c3ncc(-c4cc5c6c(c4)CN(C4CC4)CC6CCC5)cc23)cc1. The first kappa shape index (κ1) is 24.6. The van der Waals surface area contributed by atoms with Crippen molar-refractivity contribution in [3.05, 3.63) is 77.1 Å². The number of aryl methyl sites for hydroxylation is 1.